The van der Waals surface area contributed by atoms with Gasteiger partial charge in [0.25, 0.3) is 10.0 Å². The summed E-state index contributed by atoms with van der Waals surface area (Å²) in [6.45, 7) is 3.55. The average molecular weight is 358 g/mol. The molecule has 0 atom stereocenters. The van der Waals surface area contributed by atoms with Crippen molar-refractivity contribution in [2.75, 3.05) is 4.72 Å². The zero-order valence-electron chi connectivity index (χ0n) is 13.9. The molecule has 7 heteroatoms. The zero-order valence-corrected chi connectivity index (χ0v) is 14.7. The number of hydrogen-bond donors (Lipinski definition) is 1. The first kappa shape index (κ1) is 17.0. The van der Waals surface area contributed by atoms with E-state index in [2.05, 4.69) is 9.88 Å². The Bertz CT molecular complexity index is 946. The third-order valence-electron chi connectivity index (χ3n) is 3.57. The Morgan fingerprint density at radius 1 is 1.08 bits per heavy atom. The van der Waals surface area contributed by atoms with E-state index in [1.165, 1.54) is 0 Å². The van der Waals surface area contributed by atoms with Crippen LogP contribution in [-0.4, -0.2) is 13.6 Å². The van der Waals surface area contributed by atoms with Gasteiger partial charge < -0.3 is 9.26 Å². The van der Waals surface area contributed by atoms with Crippen LogP contribution in [0, 0.1) is 13.8 Å². The van der Waals surface area contributed by atoms with E-state index >= 15 is 0 Å². The maximum Gasteiger partial charge on any atom is 0.267 e. The minimum atomic E-state index is -3.78. The fourth-order valence-electron chi connectivity index (χ4n) is 2.45. The van der Waals surface area contributed by atoms with Gasteiger partial charge in [-0.25, -0.2) is 8.42 Å². The molecule has 3 rings (SSSR count). The standard InChI is InChI=1S/C18H18N2O4S/c1-13-18(14(2)24-19-13)25(21,22)20-16-9-6-10-17(11-16)23-12-15-7-4-3-5-8-15/h3-11,20H,12H2,1-2H3. The van der Waals surface area contributed by atoms with Gasteiger partial charge in [-0.1, -0.05) is 41.6 Å². The summed E-state index contributed by atoms with van der Waals surface area (Å²) in [5, 5.41) is 3.69. The normalized spacial score (nSPS) is 11.3. The van der Waals surface area contributed by atoms with Gasteiger partial charge in [0.1, 0.15) is 18.1 Å². The maximum absolute atomic E-state index is 12.5. The van der Waals surface area contributed by atoms with Gasteiger partial charge in [-0.2, -0.15) is 0 Å². The predicted molar refractivity (Wildman–Crippen MR) is 94.0 cm³/mol. The number of rotatable bonds is 6. The van der Waals surface area contributed by atoms with E-state index in [1.807, 2.05) is 30.3 Å². The van der Waals surface area contributed by atoms with E-state index in [4.69, 9.17) is 9.26 Å². The van der Waals surface area contributed by atoms with E-state index in [0.29, 0.717) is 23.7 Å². The van der Waals surface area contributed by atoms with Crippen molar-refractivity contribution in [1.82, 2.24) is 5.16 Å². The van der Waals surface area contributed by atoms with Crippen molar-refractivity contribution in [1.29, 1.82) is 0 Å². The van der Waals surface area contributed by atoms with Crippen LogP contribution in [-0.2, 0) is 16.6 Å². The van der Waals surface area contributed by atoms with Crippen LogP contribution >= 0.6 is 0 Å². The first-order chi connectivity index (χ1) is 12.0. The van der Waals surface area contributed by atoms with Crippen molar-refractivity contribution >= 4 is 15.7 Å². The molecule has 0 radical (unpaired) electrons. The number of hydrogen-bond acceptors (Lipinski definition) is 5. The quantitative estimate of drug-likeness (QED) is 0.727. The Morgan fingerprint density at radius 2 is 1.84 bits per heavy atom. The van der Waals surface area contributed by atoms with Crippen molar-refractivity contribution in [2.24, 2.45) is 0 Å². The lowest BCUT2D eigenvalue weighted by atomic mass is 10.2. The highest BCUT2D eigenvalue weighted by molar-refractivity contribution is 7.92. The molecule has 0 amide bonds. The van der Waals surface area contributed by atoms with Gasteiger partial charge in [0.2, 0.25) is 0 Å². The molecule has 25 heavy (non-hydrogen) atoms. The van der Waals surface area contributed by atoms with Crippen LogP contribution in [0.3, 0.4) is 0 Å². The molecule has 6 nitrogen and oxygen atoms in total. The van der Waals surface area contributed by atoms with E-state index in [-0.39, 0.29) is 10.7 Å². The highest BCUT2D eigenvalue weighted by Gasteiger charge is 2.24. The average Bonchev–Trinajstić information content (AvgIpc) is 2.93. The predicted octanol–water partition coefficient (Wildman–Crippen LogP) is 3.67. The number of nitrogens with one attached hydrogen (secondary N) is 1. The van der Waals surface area contributed by atoms with Crippen LogP contribution in [0.5, 0.6) is 5.75 Å². The van der Waals surface area contributed by atoms with Gasteiger partial charge in [-0.15, -0.1) is 0 Å². The van der Waals surface area contributed by atoms with Gasteiger partial charge >= 0.3 is 0 Å². The van der Waals surface area contributed by atoms with Crippen molar-refractivity contribution < 1.29 is 17.7 Å². The lowest BCUT2D eigenvalue weighted by Gasteiger charge is -2.10. The second-order valence-corrected chi connectivity index (χ2v) is 7.18. The number of nitrogens with zero attached hydrogens (tertiary/aromatic N) is 1. The van der Waals surface area contributed by atoms with Crippen molar-refractivity contribution in [3.8, 4) is 5.75 Å². The van der Waals surface area contributed by atoms with Crippen molar-refractivity contribution in [3.05, 3.63) is 71.6 Å². The zero-order chi connectivity index (χ0) is 17.9. The molecule has 0 spiro atoms. The highest BCUT2D eigenvalue weighted by Crippen LogP contribution is 2.24. The molecule has 0 aliphatic heterocycles. The molecule has 130 valence electrons. The molecular formula is C18H18N2O4S. The van der Waals surface area contributed by atoms with Crippen LogP contribution in [0.1, 0.15) is 17.0 Å². The smallest absolute Gasteiger partial charge is 0.267 e. The first-order valence-electron chi connectivity index (χ1n) is 7.68. The molecular weight excluding hydrogens is 340 g/mol. The van der Waals surface area contributed by atoms with Crippen molar-refractivity contribution in [2.45, 2.75) is 25.3 Å². The van der Waals surface area contributed by atoms with Crippen molar-refractivity contribution in [3.63, 3.8) is 0 Å². The fraction of sp³-hybridized carbons (Fsp3) is 0.167. The topological polar surface area (TPSA) is 81.4 Å². The Labute approximate surface area is 146 Å². The SMILES string of the molecule is Cc1noc(C)c1S(=O)(=O)Nc1cccc(OCc2ccccc2)c1. The minimum absolute atomic E-state index is 0.0584. The summed E-state index contributed by atoms with van der Waals surface area (Å²) in [6.07, 6.45) is 0. The van der Waals surface area contributed by atoms with Crippen LogP contribution in [0.25, 0.3) is 0 Å². The number of benzene rings is 2. The summed E-state index contributed by atoms with van der Waals surface area (Å²) < 4.78 is 38.3. The molecule has 3 aromatic rings. The van der Waals surface area contributed by atoms with E-state index in [1.54, 1.807) is 38.1 Å². The van der Waals surface area contributed by atoms with Gasteiger partial charge in [-0.05, 0) is 31.5 Å². The molecule has 0 aliphatic carbocycles. The van der Waals surface area contributed by atoms with Gasteiger partial charge in [-0.3, -0.25) is 4.72 Å². The Hall–Kier alpha value is -2.80. The molecule has 1 heterocycles. The molecule has 0 unspecified atom stereocenters. The van der Waals surface area contributed by atoms with E-state index in [9.17, 15) is 8.42 Å². The minimum Gasteiger partial charge on any atom is -0.489 e. The summed E-state index contributed by atoms with van der Waals surface area (Å²) in [5.74, 6) is 0.823. The molecule has 0 saturated heterocycles. The fourth-order valence-corrected chi connectivity index (χ4v) is 3.84. The third-order valence-corrected chi connectivity index (χ3v) is 5.20. The summed E-state index contributed by atoms with van der Waals surface area (Å²) in [5.41, 5.74) is 1.76. The molecule has 0 bridgehead atoms. The molecule has 0 aliphatic rings. The number of ether oxygens (including phenoxy) is 1. The first-order valence-corrected chi connectivity index (χ1v) is 9.16. The monoisotopic (exact) mass is 358 g/mol. The summed E-state index contributed by atoms with van der Waals surface area (Å²) in [4.78, 5) is 0.0584. The molecule has 1 aromatic heterocycles. The third kappa shape index (κ3) is 4.00. The van der Waals surface area contributed by atoms with E-state index < -0.39 is 10.0 Å². The van der Waals surface area contributed by atoms with Crippen LogP contribution in [0.15, 0.2) is 64.0 Å². The highest BCUT2D eigenvalue weighted by atomic mass is 32.2. The van der Waals surface area contributed by atoms with Crippen LogP contribution < -0.4 is 9.46 Å². The number of aromatic nitrogens is 1. The van der Waals surface area contributed by atoms with Crippen LogP contribution in [0.4, 0.5) is 5.69 Å². The maximum atomic E-state index is 12.5. The number of aryl methyl sites for hydroxylation is 2. The molecule has 0 saturated carbocycles. The number of anilines is 1. The molecule has 0 fully saturated rings. The Kier molecular flexibility index (Phi) is 4.76. The Morgan fingerprint density at radius 3 is 2.52 bits per heavy atom. The Balaban J connectivity index is 1.75. The second-order valence-electron chi connectivity index (χ2n) is 5.56. The van der Waals surface area contributed by atoms with Gasteiger partial charge in [0.15, 0.2) is 10.7 Å². The summed E-state index contributed by atoms with van der Waals surface area (Å²) in [6, 6.07) is 16.5. The second kappa shape index (κ2) is 6.98. The lowest BCUT2D eigenvalue weighted by molar-refractivity contribution is 0.306. The lowest BCUT2D eigenvalue weighted by Crippen LogP contribution is -2.14. The van der Waals surface area contributed by atoms with Crippen LogP contribution in [0.2, 0.25) is 0 Å². The molecule has 2 aromatic carbocycles. The van der Waals surface area contributed by atoms with Gasteiger partial charge in [0, 0.05) is 6.07 Å². The summed E-state index contributed by atoms with van der Waals surface area (Å²) in [7, 11) is -3.78. The molecule has 1 N–H and O–H groups in total. The largest absolute Gasteiger partial charge is 0.489 e. The van der Waals surface area contributed by atoms with Gasteiger partial charge in [0.05, 0.1) is 5.69 Å². The number of sulfonamides is 1. The summed E-state index contributed by atoms with van der Waals surface area (Å²) >= 11 is 0. The van der Waals surface area contributed by atoms with E-state index in [0.717, 1.165) is 5.56 Å².